The zero-order valence-electron chi connectivity index (χ0n) is 10.1. The van der Waals surface area contributed by atoms with E-state index in [1.54, 1.807) is 11.3 Å². The number of halogens is 1. The molecule has 1 fully saturated rings. The quantitative estimate of drug-likeness (QED) is 0.849. The van der Waals surface area contributed by atoms with Crippen LogP contribution in [0, 0.1) is 0 Å². The number of hydrogen-bond acceptors (Lipinski definition) is 6. The van der Waals surface area contributed by atoms with E-state index in [1.165, 1.54) is 7.11 Å². The Balaban J connectivity index is 2.15. The molecular weight excluding hydrogens is 320 g/mol. The first kappa shape index (κ1) is 13.9. The van der Waals surface area contributed by atoms with Crippen LogP contribution < -0.4 is 5.32 Å². The first-order valence-electron chi connectivity index (χ1n) is 5.69. The Morgan fingerprint density at radius 2 is 2.33 bits per heavy atom. The maximum absolute atomic E-state index is 11.2. The molecule has 1 aliphatic rings. The summed E-state index contributed by atoms with van der Waals surface area (Å²) in [6.45, 7) is 1.68. The Morgan fingerprint density at radius 3 is 2.89 bits per heavy atom. The Hall–Kier alpha value is -0.500. The number of ether oxygens (including phenoxy) is 2. The summed E-state index contributed by atoms with van der Waals surface area (Å²) in [5, 5.41) is 6.13. The molecule has 0 aliphatic carbocycles. The lowest BCUT2D eigenvalue weighted by molar-refractivity contribution is -0.156. The van der Waals surface area contributed by atoms with Crippen molar-refractivity contribution in [3.63, 3.8) is 0 Å². The summed E-state index contributed by atoms with van der Waals surface area (Å²) in [4.78, 5) is 15.7. The van der Waals surface area contributed by atoms with Crippen LogP contribution in [-0.2, 0) is 19.9 Å². The zero-order valence-corrected chi connectivity index (χ0v) is 12.5. The fourth-order valence-corrected chi connectivity index (χ4v) is 3.44. The number of piperidine rings is 1. The third kappa shape index (κ3) is 3.09. The third-order valence-corrected chi connectivity index (χ3v) is 4.71. The number of nitrogens with one attached hydrogen (secondary N) is 1. The second-order valence-electron chi connectivity index (χ2n) is 4.08. The molecule has 2 rings (SSSR count). The van der Waals surface area contributed by atoms with Gasteiger partial charge in [-0.1, -0.05) is 0 Å². The second-order valence-corrected chi connectivity index (χ2v) is 5.76. The van der Waals surface area contributed by atoms with Gasteiger partial charge in [0.1, 0.15) is 21.8 Å². The molecule has 0 aromatic carbocycles. The fraction of sp³-hybridized carbons (Fsp3) is 0.636. The van der Waals surface area contributed by atoms with Crippen molar-refractivity contribution >= 4 is 33.2 Å². The number of carbonyl (C=O) groups excluding carboxylic acids is 1. The van der Waals surface area contributed by atoms with Crippen molar-refractivity contribution in [1.29, 1.82) is 0 Å². The van der Waals surface area contributed by atoms with Crippen LogP contribution in [0.3, 0.4) is 0 Å². The zero-order chi connectivity index (χ0) is 13.0. The van der Waals surface area contributed by atoms with Crippen LogP contribution in [0.2, 0.25) is 0 Å². The van der Waals surface area contributed by atoms with Crippen LogP contribution in [0.25, 0.3) is 0 Å². The highest BCUT2D eigenvalue weighted by Crippen LogP contribution is 2.37. The van der Waals surface area contributed by atoms with E-state index < -0.39 is 5.60 Å². The molecule has 2 heterocycles. The summed E-state index contributed by atoms with van der Waals surface area (Å²) in [6.07, 6.45) is 1.62. The first-order chi connectivity index (χ1) is 8.66. The van der Waals surface area contributed by atoms with E-state index in [9.17, 15) is 4.79 Å². The van der Waals surface area contributed by atoms with Crippen LogP contribution >= 0.6 is 27.3 Å². The van der Waals surface area contributed by atoms with Gasteiger partial charge >= 0.3 is 5.97 Å². The molecule has 0 spiro atoms. The molecule has 1 aliphatic heterocycles. The van der Waals surface area contributed by atoms with E-state index in [2.05, 4.69) is 31.0 Å². The molecule has 1 N–H and O–H groups in total. The molecule has 0 bridgehead atoms. The van der Waals surface area contributed by atoms with Crippen LogP contribution in [-0.4, -0.2) is 37.8 Å². The van der Waals surface area contributed by atoms with E-state index in [0.717, 1.165) is 35.5 Å². The van der Waals surface area contributed by atoms with Crippen molar-refractivity contribution in [1.82, 2.24) is 10.3 Å². The van der Waals surface area contributed by atoms with Gasteiger partial charge in [0.15, 0.2) is 0 Å². The number of nitrogens with zero attached hydrogens (tertiary/aromatic N) is 1. The maximum Gasteiger partial charge on any atom is 0.331 e. The third-order valence-electron chi connectivity index (χ3n) is 2.97. The van der Waals surface area contributed by atoms with Crippen molar-refractivity contribution in [2.24, 2.45) is 0 Å². The summed E-state index contributed by atoms with van der Waals surface area (Å²) in [7, 11) is 1.36. The monoisotopic (exact) mass is 334 g/mol. The molecule has 100 valence electrons. The van der Waals surface area contributed by atoms with E-state index in [0.29, 0.717) is 0 Å². The summed E-state index contributed by atoms with van der Waals surface area (Å²) in [5.74, 6) is -0.358. The highest BCUT2D eigenvalue weighted by Gasteiger charge is 2.38. The number of rotatable bonds is 4. The SMILES string of the molecule is COC(=O)COC1(c2nc(Br)cs2)CCNCC1. The average Bonchev–Trinajstić information content (AvgIpc) is 2.84. The molecule has 0 saturated carbocycles. The fourth-order valence-electron chi connectivity index (χ4n) is 1.97. The summed E-state index contributed by atoms with van der Waals surface area (Å²) in [5.41, 5.74) is -0.462. The van der Waals surface area contributed by atoms with Gasteiger partial charge in [0.2, 0.25) is 0 Å². The van der Waals surface area contributed by atoms with Crippen LogP contribution in [0.15, 0.2) is 9.98 Å². The highest BCUT2D eigenvalue weighted by atomic mass is 79.9. The van der Waals surface area contributed by atoms with Crippen LogP contribution in [0.5, 0.6) is 0 Å². The predicted molar refractivity (Wildman–Crippen MR) is 71.6 cm³/mol. The molecule has 18 heavy (non-hydrogen) atoms. The Bertz CT molecular complexity index is 418. The molecule has 1 aromatic heterocycles. The highest BCUT2D eigenvalue weighted by molar-refractivity contribution is 9.10. The van der Waals surface area contributed by atoms with Gasteiger partial charge in [-0.3, -0.25) is 0 Å². The van der Waals surface area contributed by atoms with Crippen molar-refractivity contribution in [2.75, 3.05) is 26.8 Å². The number of methoxy groups -OCH3 is 1. The van der Waals surface area contributed by atoms with E-state index in [1.807, 2.05) is 5.38 Å². The minimum atomic E-state index is -0.462. The van der Waals surface area contributed by atoms with E-state index in [4.69, 9.17) is 4.74 Å². The minimum Gasteiger partial charge on any atom is -0.467 e. The molecule has 0 radical (unpaired) electrons. The van der Waals surface area contributed by atoms with Crippen molar-refractivity contribution in [3.05, 3.63) is 15.0 Å². The maximum atomic E-state index is 11.2. The molecule has 0 amide bonds. The Labute approximate surface area is 118 Å². The van der Waals surface area contributed by atoms with Gasteiger partial charge in [0, 0.05) is 5.38 Å². The first-order valence-corrected chi connectivity index (χ1v) is 7.36. The number of esters is 1. The average molecular weight is 335 g/mol. The number of aromatic nitrogens is 1. The molecule has 7 heteroatoms. The van der Waals surface area contributed by atoms with E-state index in [-0.39, 0.29) is 12.6 Å². The van der Waals surface area contributed by atoms with Crippen molar-refractivity contribution in [3.8, 4) is 0 Å². The molecule has 0 atom stereocenters. The smallest absolute Gasteiger partial charge is 0.331 e. The molecule has 0 unspecified atom stereocenters. The summed E-state index contributed by atoms with van der Waals surface area (Å²) < 4.78 is 11.3. The normalized spacial score (nSPS) is 18.6. The van der Waals surface area contributed by atoms with Gasteiger partial charge in [-0.15, -0.1) is 11.3 Å². The standard InChI is InChI=1S/C11H15BrN2O3S/c1-16-9(15)6-17-11(2-4-13-5-3-11)10-14-8(12)7-18-10/h7,13H,2-6H2,1H3. The number of hydrogen-bond donors (Lipinski definition) is 1. The Kier molecular flexibility index (Phi) is 4.71. The number of thiazole rings is 1. The lowest BCUT2D eigenvalue weighted by Gasteiger charge is -2.35. The van der Waals surface area contributed by atoms with Gasteiger partial charge in [-0.05, 0) is 41.9 Å². The van der Waals surface area contributed by atoms with E-state index >= 15 is 0 Å². The summed E-state index contributed by atoms with van der Waals surface area (Å²) >= 11 is 4.90. The van der Waals surface area contributed by atoms with Crippen molar-refractivity contribution in [2.45, 2.75) is 18.4 Å². The topological polar surface area (TPSA) is 60.5 Å². The molecular formula is C11H15BrN2O3S. The number of carbonyl (C=O) groups is 1. The van der Waals surface area contributed by atoms with Crippen LogP contribution in [0.4, 0.5) is 0 Å². The van der Waals surface area contributed by atoms with Gasteiger partial charge < -0.3 is 14.8 Å². The van der Waals surface area contributed by atoms with Crippen LogP contribution in [0.1, 0.15) is 17.8 Å². The minimum absolute atomic E-state index is 0.0340. The lowest BCUT2D eigenvalue weighted by atomic mass is 9.93. The van der Waals surface area contributed by atoms with Crippen molar-refractivity contribution < 1.29 is 14.3 Å². The molecule has 1 saturated heterocycles. The van der Waals surface area contributed by atoms with Gasteiger partial charge in [0.25, 0.3) is 0 Å². The second kappa shape index (κ2) is 6.10. The predicted octanol–water partition coefficient (Wildman–Crippen LogP) is 1.67. The van der Waals surface area contributed by atoms with Gasteiger partial charge in [-0.2, -0.15) is 0 Å². The largest absolute Gasteiger partial charge is 0.467 e. The molecule has 5 nitrogen and oxygen atoms in total. The Morgan fingerprint density at radius 1 is 1.61 bits per heavy atom. The molecule has 1 aromatic rings. The van der Waals surface area contributed by atoms with Gasteiger partial charge in [0.05, 0.1) is 7.11 Å². The summed E-state index contributed by atoms with van der Waals surface area (Å²) in [6, 6.07) is 0. The van der Waals surface area contributed by atoms with Gasteiger partial charge in [-0.25, -0.2) is 9.78 Å². The lowest BCUT2D eigenvalue weighted by Crippen LogP contribution is -2.42.